The molecule has 0 radical (unpaired) electrons. The lowest BCUT2D eigenvalue weighted by Gasteiger charge is -2.25. The minimum atomic E-state index is -0.849. The molecular formula is C13H18N2O. The van der Waals surface area contributed by atoms with E-state index in [0.29, 0.717) is 6.42 Å². The first-order valence-corrected chi connectivity index (χ1v) is 5.51. The van der Waals surface area contributed by atoms with Gasteiger partial charge >= 0.3 is 0 Å². The average Bonchev–Trinajstić information content (AvgIpc) is 2.61. The van der Waals surface area contributed by atoms with Crippen LogP contribution in [0.1, 0.15) is 19.4 Å². The number of nitrogens with two attached hydrogens (primary N) is 1. The van der Waals surface area contributed by atoms with Crippen molar-refractivity contribution in [1.82, 2.24) is 4.98 Å². The Morgan fingerprint density at radius 1 is 1.38 bits per heavy atom. The van der Waals surface area contributed by atoms with E-state index in [4.69, 9.17) is 5.73 Å². The molecule has 0 bridgehead atoms. The number of aromatic amines is 1. The number of nitrogens with one attached hydrogen (secondary N) is 1. The summed E-state index contributed by atoms with van der Waals surface area (Å²) in [5, 5.41) is 11.0. The molecule has 0 aliphatic rings. The molecule has 0 spiro atoms. The molecule has 3 heteroatoms. The van der Waals surface area contributed by atoms with Crippen molar-refractivity contribution in [3.05, 3.63) is 36.0 Å². The van der Waals surface area contributed by atoms with E-state index in [-0.39, 0.29) is 6.04 Å². The van der Waals surface area contributed by atoms with Crippen molar-refractivity contribution in [3.8, 4) is 0 Å². The SMILES string of the molecule is CC(C)(O)C(N)Cc1c[nH]c2ccccc12. The van der Waals surface area contributed by atoms with Gasteiger partial charge in [-0.1, -0.05) is 18.2 Å². The van der Waals surface area contributed by atoms with Crippen LogP contribution in [-0.2, 0) is 6.42 Å². The smallest absolute Gasteiger partial charge is 0.0745 e. The molecule has 1 atom stereocenters. The normalized spacial score (nSPS) is 14.2. The first kappa shape index (κ1) is 11.2. The van der Waals surface area contributed by atoms with Gasteiger partial charge in [-0.2, -0.15) is 0 Å². The number of hydrogen-bond acceptors (Lipinski definition) is 2. The van der Waals surface area contributed by atoms with Crippen LogP contribution < -0.4 is 5.73 Å². The average molecular weight is 218 g/mol. The van der Waals surface area contributed by atoms with E-state index in [1.165, 1.54) is 5.39 Å². The van der Waals surface area contributed by atoms with Crippen molar-refractivity contribution in [2.24, 2.45) is 5.73 Å². The zero-order valence-corrected chi connectivity index (χ0v) is 9.70. The summed E-state index contributed by atoms with van der Waals surface area (Å²) in [5.41, 5.74) is 7.39. The van der Waals surface area contributed by atoms with Crippen molar-refractivity contribution in [3.63, 3.8) is 0 Å². The summed E-state index contributed by atoms with van der Waals surface area (Å²) in [6.07, 6.45) is 2.64. The van der Waals surface area contributed by atoms with Crippen LogP contribution in [0.3, 0.4) is 0 Å². The molecular weight excluding hydrogens is 200 g/mol. The summed E-state index contributed by atoms with van der Waals surface area (Å²) in [5.74, 6) is 0. The quantitative estimate of drug-likeness (QED) is 0.735. The van der Waals surface area contributed by atoms with E-state index in [9.17, 15) is 5.11 Å². The van der Waals surface area contributed by atoms with Crippen molar-refractivity contribution in [1.29, 1.82) is 0 Å². The molecule has 16 heavy (non-hydrogen) atoms. The summed E-state index contributed by atoms with van der Waals surface area (Å²) in [6.45, 7) is 3.49. The summed E-state index contributed by atoms with van der Waals surface area (Å²) in [4.78, 5) is 3.21. The molecule has 0 fully saturated rings. The maximum atomic E-state index is 9.82. The van der Waals surface area contributed by atoms with E-state index < -0.39 is 5.60 Å². The molecule has 1 unspecified atom stereocenters. The second-order valence-corrected chi connectivity index (χ2v) is 4.82. The van der Waals surface area contributed by atoms with Gasteiger partial charge in [-0.15, -0.1) is 0 Å². The van der Waals surface area contributed by atoms with Crippen molar-refractivity contribution >= 4 is 10.9 Å². The lowest BCUT2D eigenvalue weighted by molar-refractivity contribution is 0.0522. The minimum absolute atomic E-state index is 0.258. The Bertz CT molecular complexity index is 482. The number of aromatic nitrogens is 1. The van der Waals surface area contributed by atoms with Gasteiger partial charge in [0, 0.05) is 23.1 Å². The highest BCUT2D eigenvalue weighted by molar-refractivity contribution is 5.83. The topological polar surface area (TPSA) is 62.0 Å². The number of aliphatic hydroxyl groups is 1. The number of hydrogen-bond donors (Lipinski definition) is 3. The second-order valence-electron chi connectivity index (χ2n) is 4.82. The molecule has 0 saturated heterocycles. The van der Waals surface area contributed by atoms with Gasteiger partial charge in [0.25, 0.3) is 0 Å². The molecule has 86 valence electrons. The first-order valence-electron chi connectivity index (χ1n) is 5.51. The standard InChI is InChI=1S/C13H18N2O/c1-13(2,16)12(14)7-9-8-15-11-6-4-3-5-10(9)11/h3-6,8,12,15-16H,7,14H2,1-2H3. The molecule has 2 aromatic rings. The second kappa shape index (κ2) is 3.92. The van der Waals surface area contributed by atoms with Crippen molar-refractivity contribution < 1.29 is 5.11 Å². The summed E-state index contributed by atoms with van der Waals surface area (Å²) < 4.78 is 0. The van der Waals surface area contributed by atoms with Gasteiger partial charge < -0.3 is 15.8 Å². The van der Waals surface area contributed by atoms with Crippen molar-refractivity contribution in [2.75, 3.05) is 0 Å². The summed E-state index contributed by atoms with van der Waals surface area (Å²) in [7, 11) is 0. The van der Waals surface area contributed by atoms with Gasteiger partial charge in [0.1, 0.15) is 0 Å². The third-order valence-corrected chi connectivity index (χ3v) is 3.02. The van der Waals surface area contributed by atoms with Crippen LogP contribution in [0.4, 0.5) is 0 Å². The minimum Gasteiger partial charge on any atom is -0.389 e. The fourth-order valence-corrected chi connectivity index (χ4v) is 1.79. The highest BCUT2D eigenvalue weighted by Crippen LogP contribution is 2.21. The molecule has 1 aromatic carbocycles. The predicted molar refractivity (Wildman–Crippen MR) is 66.3 cm³/mol. The van der Waals surface area contributed by atoms with Gasteiger partial charge in [-0.05, 0) is 31.9 Å². The van der Waals surface area contributed by atoms with E-state index in [1.807, 2.05) is 24.4 Å². The van der Waals surface area contributed by atoms with Crippen molar-refractivity contribution in [2.45, 2.75) is 31.9 Å². The highest BCUT2D eigenvalue weighted by Gasteiger charge is 2.23. The Kier molecular flexibility index (Phi) is 2.74. The largest absolute Gasteiger partial charge is 0.389 e. The monoisotopic (exact) mass is 218 g/mol. The Morgan fingerprint density at radius 3 is 2.75 bits per heavy atom. The summed E-state index contributed by atoms with van der Waals surface area (Å²) >= 11 is 0. The predicted octanol–water partition coefficient (Wildman–Crippen LogP) is 1.81. The third-order valence-electron chi connectivity index (χ3n) is 3.02. The number of fused-ring (bicyclic) bond motifs is 1. The van der Waals surface area contributed by atoms with E-state index in [1.54, 1.807) is 13.8 Å². The summed E-state index contributed by atoms with van der Waals surface area (Å²) in [6, 6.07) is 7.85. The zero-order valence-electron chi connectivity index (χ0n) is 9.70. The van der Waals surface area contributed by atoms with E-state index in [2.05, 4.69) is 11.1 Å². The third kappa shape index (κ3) is 2.10. The molecule has 4 N–H and O–H groups in total. The molecule has 1 aromatic heterocycles. The van der Waals surface area contributed by atoms with E-state index >= 15 is 0 Å². The van der Waals surface area contributed by atoms with Crippen LogP contribution in [0.5, 0.6) is 0 Å². The highest BCUT2D eigenvalue weighted by atomic mass is 16.3. The molecule has 0 aliphatic heterocycles. The zero-order chi connectivity index (χ0) is 11.8. The molecule has 2 rings (SSSR count). The van der Waals surface area contributed by atoms with Crippen LogP contribution >= 0.6 is 0 Å². The lowest BCUT2D eigenvalue weighted by Crippen LogP contribution is -2.44. The van der Waals surface area contributed by atoms with Gasteiger partial charge in [0.2, 0.25) is 0 Å². The Hall–Kier alpha value is -1.32. The maximum Gasteiger partial charge on any atom is 0.0745 e. The fourth-order valence-electron chi connectivity index (χ4n) is 1.79. The van der Waals surface area contributed by atoms with Gasteiger partial charge in [0.05, 0.1) is 5.60 Å². The Morgan fingerprint density at radius 2 is 2.06 bits per heavy atom. The number of rotatable bonds is 3. The Labute approximate surface area is 95.3 Å². The van der Waals surface area contributed by atoms with Crippen LogP contribution in [0.2, 0.25) is 0 Å². The van der Waals surface area contributed by atoms with Crippen LogP contribution in [0, 0.1) is 0 Å². The van der Waals surface area contributed by atoms with Gasteiger partial charge in [-0.3, -0.25) is 0 Å². The molecule has 0 saturated carbocycles. The van der Waals surface area contributed by atoms with Crippen LogP contribution in [0.25, 0.3) is 10.9 Å². The molecule has 0 amide bonds. The molecule has 1 heterocycles. The molecule has 3 nitrogen and oxygen atoms in total. The lowest BCUT2D eigenvalue weighted by atomic mass is 9.93. The molecule has 0 aliphatic carbocycles. The maximum absolute atomic E-state index is 9.82. The van der Waals surface area contributed by atoms with Gasteiger partial charge in [-0.25, -0.2) is 0 Å². The van der Waals surface area contributed by atoms with E-state index in [0.717, 1.165) is 11.1 Å². The number of H-pyrrole nitrogens is 1. The van der Waals surface area contributed by atoms with Crippen LogP contribution in [0.15, 0.2) is 30.5 Å². The van der Waals surface area contributed by atoms with Gasteiger partial charge in [0.15, 0.2) is 0 Å². The number of benzene rings is 1. The number of para-hydroxylation sites is 1. The van der Waals surface area contributed by atoms with Crippen LogP contribution in [-0.4, -0.2) is 21.7 Å². The fraction of sp³-hybridized carbons (Fsp3) is 0.385. The Balaban J connectivity index is 2.28. The first-order chi connectivity index (χ1) is 7.48.